The minimum atomic E-state index is -0.0757. The van der Waals surface area contributed by atoms with Crippen molar-refractivity contribution in [3.05, 3.63) is 65.2 Å². The van der Waals surface area contributed by atoms with Crippen LogP contribution in [0.3, 0.4) is 0 Å². The number of hydrogen-bond acceptors (Lipinski definition) is 4. The molecular formula is C17H18N2OS. The Bertz CT molecular complexity index is 678. The van der Waals surface area contributed by atoms with Gasteiger partial charge >= 0.3 is 0 Å². The van der Waals surface area contributed by atoms with Crippen molar-refractivity contribution in [2.24, 2.45) is 0 Å². The first-order chi connectivity index (χ1) is 10.3. The maximum absolute atomic E-state index is 9.64. The lowest BCUT2D eigenvalue weighted by Gasteiger charge is -2.20. The van der Waals surface area contributed by atoms with E-state index in [9.17, 15) is 5.11 Å². The summed E-state index contributed by atoms with van der Waals surface area (Å²) in [6.07, 6.45) is 0. The highest BCUT2D eigenvalue weighted by molar-refractivity contribution is 7.18. The molecule has 21 heavy (non-hydrogen) atoms. The molecule has 0 aliphatic carbocycles. The molecule has 3 aromatic rings. The fourth-order valence-corrected chi connectivity index (χ4v) is 3.37. The second kappa shape index (κ2) is 6.35. The van der Waals surface area contributed by atoms with Gasteiger partial charge < -0.3 is 5.11 Å². The molecule has 0 radical (unpaired) electrons. The number of nitrogens with one attached hydrogen (secondary N) is 1. The first-order valence-electron chi connectivity index (χ1n) is 7.05. The number of aromatic nitrogens is 1. The Morgan fingerprint density at radius 1 is 1.10 bits per heavy atom. The predicted octanol–water partition coefficient (Wildman–Crippen LogP) is 3.68. The Kier molecular flexibility index (Phi) is 4.29. The third-order valence-corrected chi connectivity index (χ3v) is 4.74. The van der Waals surface area contributed by atoms with Crippen LogP contribution >= 0.6 is 11.3 Å². The van der Waals surface area contributed by atoms with Crippen molar-refractivity contribution in [2.45, 2.75) is 19.0 Å². The first kappa shape index (κ1) is 14.2. The lowest BCUT2D eigenvalue weighted by molar-refractivity contribution is 0.235. The van der Waals surface area contributed by atoms with E-state index < -0.39 is 0 Å². The van der Waals surface area contributed by atoms with Crippen LogP contribution in [0.4, 0.5) is 0 Å². The largest absolute Gasteiger partial charge is 0.394 e. The molecule has 2 unspecified atom stereocenters. The van der Waals surface area contributed by atoms with E-state index in [2.05, 4.69) is 23.3 Å². The van der Waals surface area contributed by atoms with Gasteiger partial charge in [0.2, 0.25) is 0 Å². The van der Waals surface area contributed by atoms with Crippen LogP contribution < -0.4 is 5.32 Å². The van der Waals surface area contributed by atoms with Crippen molar-refractivity contribution >= 4 is 21.6 Å². The SMILES string of the molecule is CC(NC(CO)c1ccccc1)c1nc2ccccc2s1. The Labute approximate surface area is 128 Å². The van der Waals surface area contributed by atoms with Gasteiger partial charge in [-0.2, -0.15) is 0 Å². The van der Waals surface area contributed by atoms with Gasteiger partial charge in [-0.05, 0) is 24.6 Å². The summed E-state index contributed by atoms with van der Waals surface area (Å²) in [5.41, 5.74) is 2.12. The highest BCUT2D eigenvalue weighted by Crippen LogP contribution is 2.27. The monoisotopic (exact) mass is 298 g/mol. The molecule has 0 spiro atoms. The summed E-state index contributed by atoms with van der Waals surface area (Å²) >= 11 is 1.70. The van der Waals surface area contributed by atoms with E-state index in [1.165, 1.54) is 4.70 Å². The van der Waals surface area contributed by atoms with Gasteiger partial charge in [0.15, 0.2) is 0 Å². The van der Waals surface area contributed by atoms with Crippen LogP contribution in [-0.2, 0) is 0 Å². The van der Waals surface area contributed by atoms with E-state index in [0.717, 1.165) is 16.1 Å². The highest BCUT2D eigenvalue weighted by Gasteiger charge is 2.17. The Morgan fingerprint density at radius 2 is 1.81 bits per heavy atom. The molecular weight excluding hydrogens is 280 g/mol. The summed E-state index contributed by atoms with van der Waals surface area (Å²) in [5, 5.41) is 14.1. The fraction of sp³-hybridized carbons (Fsp3) is 0.235. The summed E-state index contributed by atoms with van der Waals surface area (Å²) in [6, 6.07) is 18.2. The van der Waals surface area contributed by atoms with Crippen LogP contribution in [0.5, 0.6) is 0 Å². The zero-order chi connectivity index (χ0) is 14.7. The molecule has 3 rings (SSSR count). The van der Waals surface area contributed by atoms with Crippen LogP contribution in [0.25, 0.3) is 10.2 Å². The van der Waals surface area contributed by atoms with Crippen molar-refractivity contribution in [2.75, 3.05) is 6.61 Å². The van der Waals surface area contributed by atoms with Gasteiger partial charge in [0, 0.05) is 0 Å². The smallest absolute Gasteiger partial charge is 0.111 e. The summed E-state index contributed by atoms with van der Waals surface area (Å²) in [5.74, 6) is 0. The van der Waals surface area contributed by atoms with Crippen LogP contribution in [0, 0.1) is 0 Å². The number of hydrogen-bond donors (Lipinski definition) is 2. The van der Waals surface area contributed by atoms with E-state index in [4.69, 9.17) is 0 Å². The van der Waals surface area contributed by atoms with E-state index in [1.807, 2.05) is 48.5 Å². The minimum absolute atomic E-state index is 0.0687. The predicted molar refractivity (Wildman–Crippen MR) is 87.4 cm³/mol. The van der Waals surface area contributed by atoms with Crippen molar-refractivity contribution in [3.63, 3.8) is 0 Å². The standard InChI is InChI=1S/C17H18N2OS/c1-12(17-19-14-9-5-6-10-16(14)21-17)18-15(11-20)13-7-3-2-4-8-13/h2-10,12,15,18,20H,11H2,1H3. The number of fused-ring (bicyclic) bond motifs is 1. The number of benzene rings is 2. The summed E-state index contributed by atoms with van der Waals surface area (Å²) in [6.45, 7) is 2.16. The molecule has 3 nitrogen and oxygen atoms in total. The van der Waals surface area contributed by atoms with Gasteiger partial charge in [-0.1, -0.05) is 42.5 Å². The molecule has 2 N–H and O–H groups in total. The van der Waals surface area contributed by atoms with Crippen molar-refractivity contribution in [3.8, 4) is 0 Å². The lowest BCUT2D eigenvalue weighted by atomic mass is 10.1. The van der Waals surface area contributed by atoms with Crippen LogP contribution in [0.15, 0.2) is 54.6 Å². The molecule has 0 aliphatic heterocycles. The molecule has 2 atom stereocenters. The van der Waals surface area contributed by atoms with Gasteiger partial charge in [0.1, 0.15) is 5.01 Å². The zero-order valence-electron chi connectivity index (χ0n) is 11.9. The third kappa shape index (κ3) is 3.13. The number of nitrogens with zero attached hydrogens (tertiary/aromatic N) is 1. The molecule has 0 aliphatic rings. The molecule has 4 heteroatoms. The third-order valence-electron chi connectivity index (χ3n) is 3.52. The maximum Gasteiger partial charge on any atom is 0.111 e. The molecule has 0 amide bonds. The molecule has 108 valence electrons. The van der Waals surface area contributed by atoms with Crippen LogP contribution in [0.2, 0.25) is 0 Å². The lowest BCUT2D eigenvalue weighted by Crippen LogP contribution is -2.27. The average molecular weight is 298 g/mol. The molecule has 0 bridgehead atoms. The van der Waals surface area contributed by atoms with Crippen LogP contribution in [-0.4, -0.2) is 16.7 Å². The van der Waals surface area contributed by atoms with Gasteiger partial charge in [0.05, 0.1) is 28.9 Å². The summed E-state index contributed by atoms with van der Waals surface area (Å²) < 4.78 is 1.20. The average Bonchev–Trinajstić information content (AvgIpc) is 2.97. The second-order valence-electron chi connectivity index (χ2n) is 5.05. The minimum Gasteiger partial charge on any atom is -0.394 e. The molecule has 1 aromatic heterocycles. The summed E-state index contributed by atoms with van der Waals surface area (Å²) in [4.78, 5) is 4.67. The number of para-hydroxylation sites is 1. The van der Waals surface area contributed by atoms with Gasteiger partial charge in [-0.3, -0.25) is 5.32 Å². The molecule has 0 saturated carbocycles. The summed E-state index contributed by atoms with van der Waals surface area (Å²) in [7, 11) is 0. The van der Waals surface area contributed by atoms with Crippen molar-refractivity contribution in [1.29, 1.82) is 0 Å². The normalized spacial score (nSPS) is 14.2. The van der Waals surface area contributed by atoms with Gasteiger partial charge in [0.25, 0.3) is 0 Å². The first-order valence-corrected chi connectivity index (χ1v) is 7.87. The molecule has 0 fully saturated rings. The number of thiazole rings is 1. The van der Waals surface area contributed by atoms with Crippen LogP contribution in [0.1, 0.15) is 29.6 Å². The number of rotatable bonds is 5. The molecule has 0 saturated heterocycles. The molecule has 2 aromatic carbocycles. The molecule has 1 heterocycles. The van der Waals surface area contributed by atoms with E-state index >= 15 is 0 Å². The zero-order valence-corrected chi connectivity index (χ0v) is 12.7. The van der Waals surface area contributed by atoms with E-state index in [1.54, 1.807) is 11.3 Å². The van der Waals surface area contributed by atoms with Crippen molar-refractivity contribution < 1.29 is 5.11 Å². The number of aliphatic hydroxyl groups is 1. The van der Waals surface area contributed by atoms with Gasteiger partial charge in [-0.25, -0.2) is 4.98 Å². The maximum atomic E-state index is 9.64. The van der Waals surface area contributed by atoms with E-state index in [-0.39, 0.29) is 18.7 Å². The fourth-order valence-electron chi connectivity index (χ4n) is 2.39. The van der Waals surface area contributed by atoms with Gasteiger partial charge in [-0.15, -0.1) is 11.3 Å². The quantitative estimate of drug-likeness (QED) is 0.755. The second-order valence-corrected chi connectivity index (χ2v) is 6.12. The van der Waals surface area contributed by atoms with Crippen molar-refractivity contribution in [1.82, 2.24) is 10.3 Å². The number of aliphatic hydroxyl groups excluding tert-OH is 1. The Hall–Kier alpha value is -1.75. The topological polar surface area (TPSA) is 45.1 Å². The van der Waals surface area contributed by atoms with E-state index in [0.29, 0.717) is 0 Å². The highest BCUT2D eigenvalue weighted by atomic mass is 32.1. The Morgan fingerprint density at radius 3 is 2.52 bits per heavy atom. The Balaban J connectivity index is 1.79.